The van der Waals surface area contributed by atoms with Crippen molar-refractivity contribution in [2.24, 2.45) is 0 Å². The molecule has 8 nitrogen and oxygen atoms in total. The second-order valence-corrected chi connectivity index (χ2v) is 9.12. The Morgan fingerprint density at radius 2 is 1.61 bits per heavy atom. The summed E-state index contributed by atoms with van der Waals surface area (Å²) in [6.07, 6.45) is 3.75. The highest BCUT2D eigenvalue weighted by atomic mass is 16.6. The predicted octanol–water partition coefficient (Wildman–Crippen LogP) is 5.70. The topological polar surface area (TPSA) is 105 Å². The van der Waals surface area contributed by atoms with E-state index in [1.54, 1.807) is 18.2 Å². The second kappa shape index (κ2) is 9.97. The zero-order chi connectivity index (χ0) is 25.2. The summed E-state index contributed by atoms with van der Waals surface area (Å²) in [7, 11) is 0. The fraction of sp³-hybridized carbons (Fsp3) is 0.357. The number of carbonyl (C=O) groups is 2. The first-order chi connectivity index (χ1) is 17.5. The van der Waals surface area contributed by atoms with Gasteiger partial charge in [0.1, 0.15) is 18.1 Å². The average molecular weight is 490 g/mol. The quantitative estimate of drug-likeness (QED) is 0.363. The van der Waals surface area contributed by atoms with Gasteiger partial charge in [-0.1, -0.05) is 18.2 Å². The molecular weight excluding hydrogens is 462 g/mol. The van der Waals surface area contributed by atoms with Gasteiger partial charge in [-0.25, -0.2) is 0 Å². The number of nitro benzene ring substituents is 1. The lowest BCUT2D eigenvalue weighted by Crippen LogP contribution is -2.30. The molecule has 3 aliphatic rings. The number of nitrogens with zero attached hydrogens (tertiary/aromatic N) is 1. The molecule has 0 saturated heterocycles. The molecule has 2 aliphatic carbocycles. The highest BCUT2D eigenvalue weighted by Crippen LogP contribution is 2.48. The molecule has 2 aromatic carbocycles. The van der Waals surface area contributed by atoms with Crippen LogP contribution >= 0.6 is 0 Å². The fourth-order valence-corrected chi connectivity index (χ4v) is 5.16. The minimum absolute atomic E-state index is 0.00143. The summed E-state index contributed by atoms with van der Waals surface area (Å²) in [5.74, 6) is 1.91. The van der Waals surface area contributed by atoms with Gasteiger partial charge in [-0.15, -0.1) is 0 Å². The summed E-state index contributed by atoms with van der Waals surface area (Å²) >= 11 is 0. The summed E-state index contributed by atoms with van der Waals surface area (Å²) < 4.78 is 18.0. The first-order valence-electron chi connectivity index (χ1n) is 12.3. The number of Topliss-reactive ketones (excluding diaryl/α,β-unsaturated/α-hetero) is 2. The van der Waals surface area contributed by atoms with E-state index in [1.165, 1.54) is 12.1 Å². The van der Waals surface area contributed by atoms with E-state index in [1.807, 2.05) is 19.1 Å². The Labute approximate surface area is 208 Å². The second-order valence-electron chi connectivity index (χ2n) is 9.12. The van der Waals surface area contributed by atoms with Crippen molar-refractivity contribution in [1.82, 2.24) is 0 Å². The lowest BCUT2D eigenvalue weighted by molar-refractivity contribution is -0.384. The molecule has 0 saturated carbocycles. The monoisotopic (exact) mass is 489 g/mol. The van der Waals surface area contributed by atoms with Crippen LogP contribution in [0.4, 0.5) is 5.69 Å². The molecule has 0 aromatic heterocycles. The normalized spacial score (nSPS) is 17.9. The Bertz CT molecular complexity index is 1260. The number of non-ortho nitro benzene ring substituents is 1. The molecule has 8 heteroatoms. The first kappa shape index (κ1) is 23.8. The van der Waals surface area contributed by atoms with Crippen LogP contribution in [0.3, 0.4) is 0 Å². The summed E-state index contributed by atoms with van der Waals surface area (Å²) in [5.41, 5.74) is 2.62. The predicted molar refractivity (Wildman–Crippen MR) is 131 cm³/mol. The van der Waals surface area contributed by atoms with Gasteiger partial charge in [0.2, 0.25) is 0 Å². The minimum atomic E-state index is -0.477. The summed E-state index contributed by atoms with van der Waals surface area (Å²) in [4.78, 5) is 36.7. The number of allylic oxidation sites excluding steroid dienone is 4. The molecule has 0 radical (unpaired) electrons. The van der Waals surface area contributed by atoms with Gasteiger partial charge in [0.05, 0.1) is 11.5 Å². The van der Waals surface area contributed by atoms with Crippen LogP contribution in [0, 0.1) is 10.1 Å². The fourth-order valence-electron chi connectivity index (χ4n) is 5.16. The van der Waals surface area contributed by atoms with Gasteiger partial charge in [-0.2, -0.15) is 0 Å². The van der Waals surface area contributed by atoms with Crippen molar-refractivity contribution in [3.05, 3.63) is 86.4 Å². The summed E-state index contributed by atoms with van der Waals surface area (Å²) in [6.45, 7) is 2.38. The molecule has 0 fully saturated rings. The maximum Gasteiger partial charge on any atom is 0.269 e. The largest absolute Gasteiger partial charge is 0.490 e. The number of ether oxygens (including phenoxy) is 3. The van der Waals surface area contributed by atoms with Crippen molar-refractivity contribution in [2.75, 3.05) is 6.61 Å². The van der Waals surface area contributed by atoms with Crippen molar-refractivity contribution in [3.63, 3.8) is 0 Å². The Hall–Kier alpha value is -3.94. The molecule has 5 rings (SSSR count). The van der Waals surface area contributed by atoms with Crippen LogP contribution in [0.25, 0.3) is 0 Å². The van der Waals surface area contributed by atoms with E-state index in [9.17, 15) is 19.7 Å². The molecule has 2 aromatic rings. The highest BCUT2D eigenvalue weighted by Gasteiger charge is 2.42. The van der Waals surface area contributed by atoms with E-state index in [4.69, 9.17) is 14.2 Å². The number of rotatable bonds is 7. The Kier molecular flexibility index (Phi) is 6.59. The van der Waals surface area contributed by atoms with E-state index < -0.39 is 10.8 Å². The van der Waals surface area contributed by atoms with Crippen molar-refractivity contribution in [1.29, 1.82) is 0 Å². The molecule has 186 valence electrons. The van der Waals surface area contributed by atoms with Crippen molar-refractivity contribution >= 4 is 17.3 Å². The van der Waals surface area contributed by atoms with E-state index in [0.29, 0.717) is 72.0 Å². The third-order valence-corrected chi connectivity index (χ3v) is 6.76. The lowest BCUT2D eigenvalue weighted by Gasteiger charge is -2.36. The number of hydrogen-bond donors (Lipinski definition) is 0. The molecule has 0 amide bonds. The van der Waals surface area contributed by atoms with Gasteiger partial charge < -0.3 is 14.2 Å². The number of ketones is 2. The molecule has 0 spiro atoms. The molecule has 0 unspecified atom stereocenters. The van der Waals surface area contributed by atoms with E-state index in [0.717, 1.165) is 18.4 Å². The summed E-state index contributed by atoms with van der Waals surface area (Å²) in [5, 5.41) is 11.1. The van der Waals surface area contributed by atoms with Crippen molar-refractivity contribution in [2.45, 2.75) is 58.0 Å². The van der Waals surface area contributed by atoms with Crippen LogP contribution in [-0.2, 0) is 20.9 Å². The third kappa shape index (κ3) is 4.51. The molecule has 0 atom stereocenters. The smallest absolute Gasteiger partial charge is 0.269 e. The molecule has 0 N–H and O–H groups in total. The number of carbonyl (C=O) groups excluding carboxylic acids is 2. The maximum atomic E-state index is 13.0. The molecule has 1 aliphatic heterocycles. The van der Waals surface area contributed by atoms with Gasteiger partial charge in [-0.05, 0) is 43.0 Å². The van der Waals surface area contributed by atoms with E-state index >= 15 is 0 Å². The average Bonchev–Trinajstić information content (AvgIpc) is 2.87. The first-order valence-corrected chi connectivity index (χ1v) is 12.3. The summed E-state index contributed by atoms with van der Waals surface area (Å²) in [6, 6.07) is 11.8. The van der Waals surface area contributed by atoms with Crippen LogP contribution in [0.5, 0.6) is 11.5 Å². The van der Waals surface area contributed by atoms with E-state index in [-0.39, 0.29) is 23.9 Å². The van der Waals surface area contributed by atoms with Crippen LogP contribution in [0.15, 0.2) is 65.1 Å². The zero-order valence-electron chi connectivity index (χ0n) is 20.1. The third-order valence-electron chi connectivity index (χ3n) is 6.76. The molecule has 1 heterocycles. The minimum Gasteiger partial charge on any atom is -0.490 e. The highest BCUT2D eigenvalue weighted by molar-refractivity contribution is 6.05. The van der Waals surface area contributed by atoms with Crippen LogP contribution in [-0.4, -0.2) is 23.1 Å². The van der Waals surface area contributed by atoms with Crippen molar-refractivity contribution < 1.29 is 28.7 Å². The molecular formula is C28H27NO7. The van der Waals surface area contributed by atoms with E-state index in [2.05, 4.69) is 0 Å². The van der Waals surface area contributed by atoms with Gasteiger partial charge in [0.25, 0.3) is 5.69 Å². The Morgan fingerprint density at radius 1 is 0.917 bits per heavy atom. The number of benzene rings is 2. The maximum absolute atomic E-state index is 13.0. The standard InChI is InChI=1S/C28H27NO7/c1-2-34-25-15-18(12-13-22(25)35-16-17-6-3-7-19(14-17)29(32)33)26-27-20(30)8-4-10-23(27)36-24-11-5-9-21(31)28(24)26/h3,6-7,12-15,26H,2,4-5,8-11,16H2,1H3. The lowest BCUT2D eigenvalue weighted by atomic mass is 9.73. The van der Waals surface area contributed by atoms with Gasteiger partial charge in [0.15, 0.2) is 23.1 Å². The van der Waals surface area contributed by atoms with Gasteiger partial charge in [0, 0.05) is 54.9 Å². The number of nitro groups is 1. The molecule has 0 bridgehead atoms. The molecule has 36 heavy (non-hydrogen) atoms. The van der Waals surface area contributed by atoms with Crippen LogP contribution in [0.1, 0.15) is 62.5 Å². The SMILES string of the molecule is CCOc1cc(C2C3=C(CCCC3=O)OC3=C2C(=O)CCC3)ccc1OCc1cccc([N+](=O)[O-])c1. The Balaban J connectivity index is 1.50. The van der Waals surface area contributed by atoms with Gasteiger partial charge in [-0.3, -0.25) is 19.7 Å². The number of hydrogen-bond acceptors (Lipinski definition) is 7. The van der Waals surface area contributed by atoms with Gasteiger partial charge >= 0.3 is 0 Å². The zero-order valence-corrected chi connectivity index (χ0v) is 20.1. The Morgan fingerprint density at radius 3 is 2.25 bits per heavy atom. The van der Waals surface area contributed by atoms with Crippen LogP contribution < -0.4 is 9.47 Å². The van der Waals surface area contributed by atoms with Crippen molar-refractivity contribution in [3.8, 4) is 11.5 Å². The van der Waals surface area contributed by atoms with Crippen LogP contribution in [0.2, 0.25) is 0 Å².